The van der Waals surface area contributed by atoms with Crippen molar-refractivity contribution in [1.82, 2.24) is 15.5 Å². The first-order valence-corrected chi connectivity index (χ1v) is 6.67. The van der Waals surface area contributed by atoms with Gasteiger partial charge in [-0.25, -0.2) is 0 Å². The van der Waals surface area contributed by atoms with E-state index in [0.29, 0.717) is 0 Å². The minimum absolute atomic E-state index is 0.124. The van der Waals surface area contributed by atoms with Gasteiger partial charge in [0.15, 0.2) is 0 Å². The van der Waals surface area contributed by atoms with Crippen LogP contribution in [0.4, 0.5) is 0 Å². The van der Waals surface area contributed by atoms with Crippen molar-refractivity contribution < 1.29 is 0 Å². The Bertz CT molecular complexity index is 491. The molecule has 0 unspecified atom stereocenters. The topological polar surface area (TPSA) is 40.7 Å². The predicted molar refractivity (Wildman–Crippen MR) is 73.2 cm³/mol. The maximum absolute atomic E-state index is 4.16. The first-order chi connectivity index (χ1) is 7.97. The Balaban J connectivity index is 2.21. The lowest BCUT2D eigenvalue weighted by atomic mass is 10.1. The highest BCUT2D eigenvalue weighted by atomic mass is 32.1. The third-order valence-corrected chi connectivity index (χ3v) is 3.65. The Labute approximate surface area is 106 Å². The maximum Gasteiger partial charge on any atom is 0.0797 e. The van der Waals surface area contributed by atoms with Crippen molar-refractivity contribution in [3.8, 4) is 10.6 Å². The van der Waals surface area contributed by atoms with Crippen LogP contribution in [-0.2, 0) is 6.54 Å². The largest absolute Gasteiger partial charge is 0.308 e. The van der Waals surface area contributed by atoms with Crippen LogP contribution >= 0.6 is 11.3 Å². The SMILES string of the molecule is Cc1ccsc1-c1[nH]ncc1CNC(C)(C)C. The Morgan fingerprint density at radius 1 is 1.41 bits per heavy atom. The molecule has 4 heteroatoms. The zero-order valence-electron chi connectivity index (χ0n) is 10.8. The average Bonchev–Trinajstić information content (AvgIpc) is 2.81. The molecule has 92 valence electrons. The maximum atomic E-state index is 4.16. The van der Waals surface area contributed by atoms with Gasteiger partial charge < -0.3 is 5.32 Å². The van der Waals surface area contributed by atoms with E-state index < -0.39 is 0 Å². The number of nitrogens with one attached hydrogen (secondary N) is 2. The summed E-state index contributed by atoms with van der Waals surface area (Å²) in [5.74, 6) is 0. The van der Waals surface area contributed by atoms with Crippen LogP contribution in [0, 0.1) is 6.92 Å². The minimum Gasteiger partial charge on any atom is -0.308 e. The Morgan fingerprint density at radius 3 is 2.76 bits per heavy atom. The van der Waals surface area contributed by atoms with Gasteiger partial charge in [0.2, 0.25) is 0 Å². The van der Waals surface area contributed by atoms with Gasteiger partial charge in [0.05, 0.1) is 16.8 Å². The molecular formula is C13H19N3S. The summed E-state index contributed by atoms with van der Waals surface area (Å²) in [6, 6.07) is 2.14. The molecule has 0 aromatic carbocycles. The summed E-state index contributed by atoms with van der Waals surface area (Å²) in [6.45, 7) is 9.48. The van der Waals surface area contributed by atoms with Crippen LogP contribution in [0.25, 0.3) is 10.6 Å². The molecule has 3 nitrogen and oxygen atoms in total. The van der Waals surface area contributed by atoms with Crippen molar-refractivity contribution in [1.29, 1.82) is 0 Å². The van der Waals surface area contributed by atoms with E-state index in [2.05, 4.69) is 54.7 Å². The second kappa shape index (κ2) is 4.63. The third kappa shape index (κ3) is 2.96. The molecule has 0 saturated carbocycles. The van der Waals surface area contributed by atoms with E-state index >= 15 is 0 Å². The molecule has 0 bridgehead atoms. The molecule has 0 aliphatic rings. The van der Waals surface area contributed by atoms with Gasteiger partial charge in [-0.1, -0.05) is 0 Å². The van der Waals surface area contributed by atoms with Crippen LogP contribution < -0.4 is 5.32 Å². The summed E-state index contributed by atoms with van der Waals surface area (Å²) in [7, 11) is 0. The van der Waals surface area contributed by atoms with Crippen molar-refractivity contribution in [2.75, 3.05) is 0 Å². The van der Waals surface area contributed by atoms with E-state index in [-0.39, 0.29) is 5.54 Å². The van der Waals surface area contributed by atoms with Crippen LogP contribution in [0.1, 0.15) is 31.9 Å². The van der Waals surface area contributed by atoms with E-state index in [0.717, 1.165) is 12.2 Å². The summed E-state index contributed by atoms with van der Waals surface area (Å²) in [5, 5.41) is 12.9. The number of hydrogen-bond donors (Lipinski definition) is 2. The number of hydrogen-bond acceptors (Lipinski definition) is 3. The number of thiophene rings is 1. The van der Waals surface area contributed by atoms with Gasteiger partial charge in [0.25, 0.3) is 0 Å². The molecule has 0 spiro atoms. The molecular weight excluding hydrogens is 230 g/mol. The number of aromatic nitrogens is 2. The summed E-state index contributed by atoms with van der Waals surface area (Å²) in [6.07, 6.45) is 1.91. The lowest BCUT2D eigenvalue weighted by Gasteiger charge is -2.20. The van der Waals surface area contributed by atoms with Gasteiger partial charge in [-0.05, 0) is 44.7 Å². The molecule has 0 amide bonds. The van der Waals surface area contributed by atoms with Crippen LogP contribution in [-0.4, -0.2) is 15.7 Å². The van der Waals surface area contributed by atoms with Gasteiger partial charge in [0, 0.05) is 17.6 Å². The Morgan fingerprint density at radius 2 is 2.18 bits per heavy atom. The Kier molecular flexibility index (Phi) is 3.35. The van der Waals surface area contributed by atoms with Crippen molar-refractivity contribution in [2.45, 2.75) is 39.8 Å². The zero-order chi connectivity index (χ0) is 12.5. The quantitative estimate of drug-likeness (QED) is 0.876. The van der Waals surface area contributed by atoms with Crippen LogP contribution in [0.15, 0.2) is 17.6 Å². The molecule has 0 atom stereocenters. The van der Waals surface area contributed by atoms with Crippen molar-refractivity contribution >= 4 is 11.3 Å². The molecule has 2 aromatic rings. The normalized spacial score (nSPS) is 12.0. The molecule has 0 aliphatic carbocycles. The summed E-state index contributed by atoms with van der Waals surface area (Å²) in [4.78, 5) is 1.29. The van der Waals surface area contributed by atoms with Gasteiger partial charge in [-0.15, -0.1) is 11.3 Å². The first kappa shape index (κ1) is 12.3. The molecule has 0 radical (unpaired) electrons. The van der Waals surface area contributed by atoms with Crippen molar-refractivity contribution in [3.63, 3.8) is 0 Å². The summed E-state index contributed by atoms with van der Waals surface area (Å²) >= 11 is 1.76. The second-order valence-electron chi connectivity index (χ2n) is 5.31. The lowest BCUT2D eigenvalue weighted by molar-refractivity contribution is 0.424. The van der Waals surface area contributed by atoms with Crippen LogP contribution in [0.5, 0.6) is 0 Å². The number of rotatable bonds is 3. The van der Waals surface area contributed by atoms with Crippen LogP contribution in [0.3, 0.4) is 0 Å². The molecule has 17 heavy (non-hydrogen) atoms. The predicted octanol–water partition coefficient (Wildman–Crippen LogP) is 3.33. The third-order valence-electron chi connectivity index (χ3n) is 2.62. The monoisotopic (exact) mass is 249 g/mol. The smallest absolute Gasteiger partial charge is 0.0797 e. The van der Waals surface area contributed by atoms with Gasteiger partial charge >= 0.3 is 0 Å². The fourth-order valence-corrected chi connectivity index (χ4v) is 2.59. The highest BCUT2D eigenvalue weighted by Crippen LogP contribution is 2.29. The highest BCUT2D eigenvalue weighted by molar-refractivity contribution is 7.13. The van der Waals surface area contributed by atoms with Crippen molar-refractivity contribution in [3.05, 3.63) is 28.8 Å². The van der Waals surface area contributed by atoms with E-state index in [9.17, 15) is 0 Å². The highest BCUT2D eigenvalue weighted by Gasteiger charge is 2.14. The van der Waals surface area contributed by atoms with E-state index in [1.165, 1.54) is 16.0 Å². The zero-order valence-corrected chi connectivity index (χ0v) is 11.6. The molecule has 2 aromatic heterocycles. The standard InChI is InChI=1S/C13H19N3S/c1-9-5-6-17-12(9)11-10(8-15-16-11)7-14-13(2,3)4/h5-6,8,14H,7H2,1-4H3,(H,15,16). The average molecular weight is 249 g/mol. The Hall–Kier alpha value is -1.13. The lowest BCUT2D eigenvalue weighted by Crippen LogP contribution is -2.35. The number of H-pyrrole nitrogens is 1. The molecule has 0 aliphatic heterocycles. The van der Waals surface area contributed by atoms with E-state index in [4.69, 9.17) is 0 Å². The van der Waals surface area contributed by atoms with Crippen molar-refractivity contribution in [2.24, 2.45) is 0 Å². The number of aromatic amines is 1. The number of aryl methyl sites for hydroxylation is 1. The van der Waals surface area contributed by atoms with E-state index in [1.54, 1.807) is 11.3 Å². The summed E-state index contributed by atoms with van der Waals surface area (Å²) < 4.78 is 0. The fraction of sp³-hybridized carbons (Fsp3) is 0.462. The van der Waals surface area contributed by atoms with Gasteiger partial charge in [-0.2, -0.15) is 5.10 Å². The number of nitrogens with zero attached hydrogens (tertiary/aromatic N) is 1. The minimum atomic E-state index is 0.124. The second-order valence-corrected chi connectivity index (χ2v) is 6.22. The first-order valence-electron chi connectivity index (χ1n) is 5.79. The molecule has 2 N–H and O–H groups in total. The van der Waals surface area contributed by atoms with Crippen LogP contribution in [0.2, 0.25) is 0 Å². The molecule has 2 rings (SSSR count). The van der Waals surface area contributed by atoms with Gasteiger partial charge in [-0.3, -0.25) is 5.10 Å². The van der Waals surface area contributed by atoms with E-state index in [1.807, 2.05) is 6.20 Å². The summed E-state index contributed by atoms with van der Waals surface area (Å²) in [5.41, 5.74) is 3.80. The molecule has 2 heterocycles. The fourth-order valence-electron chi connectivity index (χ4n) is 1.63. The van der Waals surface area contributed by atoms with Gasteiger partial charge in [0.1, 0.15) is 0 Å². The molecule has 0 fully saturated rings. The molecule has 0 saturated heterocycles.